The summed E-state index contributed by atoms with van der Waals surface area (Å²) in [5.41, 5.74) is 8.51. The maximum atomic E-state index is 12.7. The average molecular weight is 320 g/mol. The van der Waals surface area contributed by atoms with Crippen molar-refractivity contribution in [3.8, 4) is 0 Å². The Morgan fingerprint density at radius 2 is 1.91 bits per heavy atom. The van der Waals surface area contributed by atoms with E-state index in [1.165, 1.54) is 0 Å². The fraction of sp³-hybridized carbons (Fsp3) is 0.688. The molecule has 0 bridgehead atoms. The molecule has 2 amide bonds. The van der Waals surface area contributed by atoms with Gasteiger partial charge in [0.1, 0.15) is 12.3 Å². The number of fused-ring (bicyclic) bond motifs is 1. The van der Waals surface area contributed by atoms with Gasteiger partial charge in [-0.25, -0.2) is 0 Å². The number of hydrogen-bond acceptors (Lipinski definition) is 5. The summed E-state index contributed by atoms with van der Waals surface area (Å²) < 4.78 is 0. The first-order valence-corrected chi connectivity index (χ1v) is 8.28. The number of nitrogens with two attached hydrogens (primary N) is 1. The Labute approximate surface area is 135 Å². The normalized spacial score (nSPS) is 30.4. The lowest BCUT2D eigenvalue weighted by atomic mass is 10.1. The zero-order valence-corrected chi connectivity index (χ0v) is 13.5. The molecule has 7 nitrogen and oxygen atoms in total. The van der Waals surface area contributed by atoms with E-state index in [4.69, 9.17) is 10.8 Å². The van der Waals surface area contributed by atoms with Gasteiger partial charge in [0.15, 0.2) is 0 Å². The van der Waals surface area contributed by atoms with Crippen LogP contribution in [0.3, 0.4) is 0 Å². The topological polar surface area (TPSA) is 99.2 Å². The molecule has 2 atom stereocenters. The van der Waals surface area contributed by atoms with Gasteiger partial charge < -0.3 is 20.6 Å². The molecule has 3 rings (SSSR count). The molecule has 126 valence electrons. The van der Waals surface area contributed by atoms with Crippen molar-refractivity contribution in [2.45, 2.75) is 19.8 Å². The molecule has 2 aliphatic carbocycles. The number of carbonyl (C=O) groups is 2. The van der Waals surface area contributed by atoms with Crippen molar-refractivity contribution in [2.24, 2.45) is 22.6 Å². The summed E-state index contributed by atoms with van der Waals surface area (Å²) >= 11 is 0. The van der Waals surface area contributed by atoms with Gasteiger partial charge in [-0.1, -0.05) is 0 Å². The van der Waals surface area contributed by atoms with Gasteiger partial charge >= 0.3 is 0 Å². The van der Waals surface area contributed by atoms with Gasteiger partial charge in [-0.2, -0.15) is 0 Å². The fourth-order valence-electron chi connectivity index (χ4n) is 3.64. The second-order valence-electron chi connectivity index (χ2n) is 6.39. The standard InChI is InChI=1S/C16H24N4O3/c1-2-18-12-8-10-7-11(10)14(12)15(17)16(23)20-5-3-19(4-6-20)13(22)9-21/h10-11,21H,2-9,17H2,1H3/b15-14-,18-12?. The molecule has 0 aromatic carbocycles. The van der Waals surface area contributed by atoms with Crippen LogP contribution >= 0.6 is 0 Å². The fourth-order valence-corrected chi connectivity index (χ4v) is 3.64. The molecular weight excluding hydrogens is 296 g/mol. The van der Waals surface area contributed by atoms with E-state index in [0.717, 1.165) is 24.1 Å². The van der Waals surface area contributed by atoms with Gasteiger partial charge in [0.2, 0.25) is 5.91 Å². The first-order valence-electron chi connectivity index (χ1n) is 8.28. The summed E-state index contributed by atoms with van der Waals surface area (Å²) in [4.78, 5) is 31.9. The molecule has 23 heavy (non-hydrogen) atoms. The maximum Gasteiger partial charge on any atom is 0.270 e. The van der Waals surface area contributed by atoms with Crippen LogP contribution in [0.1, 0.15) is 19.8 Å². The predicted molar refractivity (Wildman–Crippen MR) is 85.6 cm³/mol. The Bertz CT molecular complexity index is 576. The monoisotopic (exact) mass is 320 g/mol. The summed E-state index contributed by atoms with van der Waals surface area (Å²) in [6, 6.07) is 0. The highest BCUT2D eigenvalue weighted by molar-refractivity contribution is 6.10. The van der Waals surface area contributed by atoms with Crippen LogP contribution in [-0.4, -0.2) is 71.8 Å². The van der Waals surface area contributed by atoms with Crippen molar-refractivity contribution in [1.82, 2.24) is 9.80 Å². The van der Waals surface area contributed by atoms with Crippen molar-refractivity contribution >= 4 is 17.5 Å². The van der Waals surface area contributed by atoms with Crippen LogP contribution in [0.2, 0.25) is 0 Å². The van der Waals surface area contributed by atoms with Crippen LogP contribution in [0.25, 0.3) is 0 Å². The van der Waals surface area contributed by atoms with Crippen molar-refractivity contribution < 1.29 is 14.7 Å². The summed E-state index contributed by atoms with van der Waals surface area (Å²) in [5.74, 6) is 0.604. The summed E-state index contributed by atoms with van der Waals surface area (Å²) in [7, 11) is 0. The second-order valence-corrected chi connectivity index (χ2v) is 6.39. The number of amides is 2. The summed E-state index contributed by atoms with van der Waals surface area (Å²) in [6.07, 6.45) is 2.06. The molecule has 2 saturated carbocycles. The maximum absolute atomic E-state index is 12.7. The number of allylic oxidation sites excluding steroid dienone is 1. The first kappa shape index (κ1) is 16.0. The van der Waals surface area contributed by atoms with Crippen LogP contribution in [0.5, 0.6) is 0 Å². The highest BCUT2D eigenvalue weighted by Gasteiger charge is 2.50. The van der Waals surface area contributed by atoms with Crippen molar-refractivity contribution in [3.05, 3.63) is 11.3 Å². The molecular formula is C16H24N4O3. The molecule has 0 aromatic rings. The Kier molecular flexibility index (Phi) is 4.39. The molecule has 0 aromatic heterocycles. The van der Waals surface area contributed by atoms with Gasteiger partial charge in [0.05, 0.1) is 0 Å². The molecule has 3 fully saturated rings. The third kappa shape index (κ3) is 2.97. The van der Waals surface area contributed by atoms with Gasteiger partial charge in [-0.3, -0.25) is 14.6 Å². The van der Waals surface area contributed by atoms with Crippen LogP contribution in [0, 0.1) is 11.8 Å². The van der Waals surface area contributed by atoms with Gasteiger partial charge in [-0.15, -0.1) is 0 Å². The van der Waals surface area contributed by atoms with E-state index in [9.17, 15) is 9.59 Å². The van der Waals surface area contributed by atoms with Gasteiger partial charge in [0, 0.05) is 44.0 Å². The van der Waals surface area contributed by atoms with Crippen molar-refractivity contribution in [3.63, 3.8) is 0 Å². The number of hydrogen-bond donors (Lipinski definition) is 2. The minimum Gasteiger partial charge on any atom is -0.394 e. The Morgan fingerprint density at radius 3 is 2.52 bits per heavy atom. The zero-order chi connectivity index (χ0) is 16.6. The van der Waals surface area contributed by atoms with E-state index in [-0.39, 0.29) is 11.8 Å². The molecule has 3 aliphatic rings. The number of aliphatic hydroxyl groups is 1. The van der Waals surface area contributed by atoms with E-state index in [1.54, 1.807) is 9.80 Å². The first-order chi connectivity index (χ1) is 11.1. The van der Waals surface area contributed by atoms with Gasteiger partial charge in [-0.05, 0) is 31.6 Å². The largest absolute Gasteiger partial charge is 0.394 e. The predicted octanol–water partition coefficient (Wildman–Crippen LogP) is -0.637. The van der Waals surface area contributed by atoms with Gasteiger partial charge in [0.25, 0.3) is 5.91 Å². The SMILES string of the molecule is CCN=C1CC2CC2/C1=C(/N)C(=O)N1CCN(C(=O)CO)CC1. The highest BCUT2D eigenvalue weighted by atomic mass is 16.3. The third-order valence-electron chi connectivity index (χ3n) is 4.98. The number of aliphatic imine (C=N–C) groups is 1. The Hall–Kier alpha value is -1.89. The summed E-state index contributed by atoms with van der Waals surface area (Å²) in [5, 5.41) is 8.89. The van der Waals surface area contributed by atoms with Crippen LogP contribution in [-0.2, 0) is 9.59 Å². The van der Waals surface area contributed by atoms with Crippen LogP contribution < -0.4 is 5.73 Å². The smallest absolute Gasteiger partial charge is 0.270 e. The number of rotatable bonds is 3. The Morgan fingerprint density at radius 1 is 1.26 bits per heavy atom. The number of piperazine rings is 1. The van der Waals surface area contributed by atoms with Crippen molar-refractivity contribution in [1.29, 1.82) is 0 Å². The van der Waals surface area contributed by atoms with E-state index in [0.29, 0.717) is 50.3 Å². The lowest BCUT2D eigenvalue weighted by Crippen LogP contribution is -2.52. The molecule has 2 unspecified atom stereocenters. The molecule has 1 aliphatic heterocycles. The summed E-state index contributed by atoms with van der Waals surface area (Å²) in [6.45, 7) is 4.00. The minimum absolute atomic E-state index is 0.146. The van der Waals surface area contributed by atoms with Crippen molar-refractivity contribution in [2.75, 3.05) is 39.3 Å². The number of nitrogens with zero attached hydrogens (tertiary/aromatic N) is 3. The molecule has 0 spiro atoms. The van der Waals surface area contributed by atoms with Crippen LogP contribution in [0.4, 0.5) is 0 Å². The molecule has 3 N–H and O–H groups in total. The van der Waals surface area contributed by atoms with E-state index >= 15 is 0 Å². The molecule has 7 heteroatoms. The number of aliphatic hydroxyl groups excluding tert-OH is 1. The average Bonchev–Trinajstić information content (AvgIpc) is 3.24. The number of carbonyl (C=O) groups excluding carboxylic acids is 2. The van der Waals surface area contributed by atoms with E-state index in [2.05, 4.69) is 4.99 Å². The molecule has 1 heterocycles. The molecule has 1 saturated heterocycles. The highest BCUT2D eigenvalue weighted by Crippen LogP contribution is 2.54. The third-order valence-corrected chi connectivity index (χ3v) is 4.98. The Balaban J connectivity index is 1.70. The van der Waals surface area contributed by atoms with E-state index < -0.39 is 6.61 Å². The quantitative estimate of drug-likeness (QED) is 0.676. The minimum atomic E-state index is -0.486. The lowest BCUT2D eigenvalue weighted by molar-refractivity contribution is -0.139. The lowest BCUT2D eigenvalue weighted by Gasteiger charge is -2.34. The second kappa shape index (κ2) is 6.31. The van der Waals surface area contributed by atoms with E-state index in [1.807, 2.05) is 6.92 Å². The molecule has 0 radical (unpaired) electrons. The zero-order valence-electron chi connectivity index (χ0n) is 13.5. The van der Waals surface area contributed by atoms with Crippen LogP contribution in [0.15, 0.2) is 16.3 Å².